The minimum atomic E-state index is -0.537. The number of likely N-dealkylation sites (tertiary alicyclic amines) is 1. The van der Waals surface area contributed by atoms with E-state index >= 15 is 0 Å². The number of rotatable bonds is 5. The summed E-state index contributed by atoms with van der Waals surface area (Å²) in [7, 11) is 0. The molecule has 0 saturated carbocycles. The van der Waals surface area contributed by atoms with E-state index in [4.69, 9.17) is 0 Å². The van der Waals surface area contributed by atoms with Gasteiger partial charge in [0.2, 0.25) is 11.9 Å². The summed E-state index contributed by atoms with van der Waals surface area (Å²) in [6, 6.07) is 3.63. The van der Waals surface area contributed by atoms with Gasteiger partial charge in [0.15, 0.2) is 11.6 Å². The highest BCUT2D eigenvalue weighted by Crippen LogP contribution is 2.20. The lowest BCUT2D eigenvalue weighted by Gasteiger charge is -2.32. The van der Waals surface area contributed by atoms with Gasteiger partial charge in [0, 0.05) is 24.8 Å². The molecule has 8 heteroatoms. The summed E-state index contributed by atoms with van der Waals surface area (Å²) in [6.45, 7) is 6.57. The number of nitrogens with one attached hydrogen (secondary N) is 2. The Morgan fingerprint density at radius 3 is 2.96 bits per heavy atom. The Morgan fingerprint density at radius 2 is 2.23 bits per heavy atom. The molecule has 0 bridgehead atoms. The monoisotopic (exact) mass is 356 g/mol. The van der Waals surface area contributed by atoms with Crippen molar-refractivity contribution in [2.24, 2.45) is 0 Å². The fraction of sp³-hybridized carbons (Fsp3) is 0.333. The molecule has 3 rings (SSSR count). The summed E-state index contributed by atoms with van der Waals surface area (Å²) < 4.78 is 14.1. The molecule has 0 aromatic carbocycles. The smallest absolute Gasteiger partial charge is 0.246 e. The van der Waals surface area contributed by atoms with E-state index in [0.29, 0.717) is 18.8 Å². The maximum atomic E-state index is 14.1. The SMILES string of the molecule is C=CC(=O)N1CCC[C@@H](Nc2nc(Nc3ccc(C)nc3)ncc2F)C1. The molecule has 3 heterocycles. The molecule has 0 aliphatic carbocycles. The number of carbonyl (C=O) groups is 1. The molecule has 136 valence electrons. The van der Waals surface area contributed by atoms with Crippen LogP contribution in [0.3, 0.4) is 0 Å². The first-order valence-electron chi connectivity index (χ1n) is 8.45. The van der Waals surface area contributed by atoms with Gasteiger partial charge >= 0.3 is 0 Å². The van der Waals surface area contributed by atoms with E-state index in [1.54, 1.807) is 11.1 Å². The van der Waals surface area contributed by atoms with E-state index in [1.807, 2.05) is 19.1 Å². The maximum absolute atomic E-state index is 14.1. The number of halogens is 1. The van der Waals surface area contributed by atoms with Crippen LogP contribution in [0.2, 0.25) is 0 Å². The maximum Gasteiger partial charge on any atom is 0.246 e. The van der Waals surface area contributed by atoms with Gasteiger partial charge in [-0.05, 0) is 38.0 Å². The summed E-state index contributed by atoms with van der Waals surface area (Å²) in [6.07, 6.45) is 5.74. The van der Waals surface area contributed by atoms with Gasteiger partial charge in [-0.15, -0.1) is 0 Å². The van der Waals surface area contributed by atoms with Crippen molar-refractivity contribution >= 4 is 23.4 Å². The van der Waals surface area contributed by atoms with E-state index in [-0.39, 0.29) is 23.7 Å². The highest BCUT2D eigenvalue weighted by atomic mass is 19.1. The number of piperidine rings is 1. The van der Waals surface area contributed by atoms with Crippen LogP contribution in [0.5, 0.6) is 0 Å². The predicted molar refractivity (Wildman–Crippen MR) is 97.7 cm³/mol. The molecule has 26 heavy (non-hydrogen) atoms. The standard InChI is InChI=1S/C18H21FN6O/c1-3-16(26)25-8-4-5-14(11-25)22-17-15(19)10-21-18(24-17)23-13-7-6-12(2)20-9-13/h3,6-7,9-10,14H,1,4-5,8,11H2,2H3,(H2,21,22,23,24)/t14-/m1/s1. The highest BCUT2D eigenvalue weighted by molar-refractivity contribution is 5.87. The van der Waals surface area contributed by atoms with Crippen molar-refractivity contribution < 1.29 is 9.18 Å². The zero-order chi connectivity index (χ0) is 18.5. The molecule has 2 aromatic heterocycles. The van der Waals surface area contributed by atoms with Crippen LogP contribution in [-0.4, -0.2) is 44.9 Å². The fourth-order valence-electron chi connectivity index (χ4n) is 2.82. The Morgan fingerprint density at radius 1 is 1.38 bits per heavy atom. The second-order valence-corrected chi connectivity index (χ2v) is 6.18. The van der Waals surface area contributed by atoms with Crippen LogP contribution in [0.15, 0.2) is 37.2 Å². The first-order valence-corrected chi connectivity index (χ1v) is 8.45. The number of aromatic nitrogens is 3. The molecule has 1 amide bonds. The molecule has 1 aliphatic rings. The molecule has 1 saturated heterocycles. The highest BCUT2D eigenvalue weighted by Gasteiger charge is 2.23. The summed E-state index contributed by atoms with van der Waals surface area (Å²) in [4.78, 5) is 25.8. The number of anilines is 3. The van der Waals surface area contributed by atoms with Gasteiger partial charge in [-0.25, -0.2) is 9.37 Å². The van der Waals surface area contributed by atoms with Crippen molar-refractivity contribution in [3.8, 4) is 0 Å². The van der Waals surface area contributed by atoms with Crippen LogP contribution in [0.4, 0.5) is 21.8 Å². The average Bonchev–Trinajstić information content (AvgIpc) is 2.66. The number of pyridine rings is 1. The van der Waals surface area contributed by atoms with Gasteiger partial charge in [0.1, 0.15) is 0 Å². The zero-order valence-corrected chi connectivity index (χ0v) is 14.6. The van der Waals surface area contributed by atoms with Gasteiger partial charge in [-0.3, -0.25) is 9.78 Å². The predicted octanol–water partition coefficient (Wildman–Crippen LogP) is 2.65. The Hall–Kier alpha value is -3.03. The number of aryl methyl sites for hydroxylation is 1. The summed E-state index contributed by atoms with van der Waals surface area (Å²) in [5.74, 6) is -0.270. The Labute approximate surface area is 151 Å². The zero-order valence-electron chi connectivity index (χ0n) is 14.6. The summed E-state index contributed by atoms with van der Waals surface area (Å²) in [5, 5.41) is 6.09. The van der Waals surface area contributed by atoms with Crippen LogP contribution in [0, 0.1) is 12.7 Å². The van der Waals surface area contributed by atoms with Crippen LogP contribution in [-0.2, 0) is 4.79 Å². The van der Waals surface area contributed by atoms with Gasteiger partial charge in [-0.2, -0.15) is 4.98 Å². The van der Waals surface area contributed by atoms with Crippen molar-refractivity contribution in [2.45, 2.75) is 25.8 Å². The van der Waals surface area contributed by atoms with Crippen LogP contribution < -0.4 is 10.6 Å². The summed E-state index contributed by atoms with van der Waals surface area (Å²) >= 11 is 0. The van der Waals surface area contributed by atoms with Crippen LogP contribution >= 0.6 is 0 Å². The first-order chi connectivity index (χ1) is 12.5. The number of amides is 1. The average molecular weight is 356 g/mol. The second-order valence-electron chi connectivity index (χ2n) is 6.18. The van der Waals surface area contributed by atoms with Crippen molar-refractivity contribution in [2.75, 3.05) is 23.7 Å². The molecule has 0 radical (unpaired) electrons. The molecule has 1 atom stereocenters. The fourth-order valence-corrected chi connectivity index (χ4v) is 2.82. The normalized spacial score (nSPS) is 16.8. The third kappa shape index (κ3) is 4.33. The Bertz CT molecular complexity index is 795. The number of carbonyl (C=O) groups excluding carboxylic acids is 1. The molecular formula is C18H21FN6O. The lowest BCUT2D eigenvalue weighted by Crippen LogP contribution is -2.44. The largest absolute Gasteiger partial charge is 0.363 e. The Balaban J connectivity index is 1.70. The van der Waals surface area contributed by atoms with Crippen LogP contribution in [0.25, 0.3) is 0 Å². The van der Waals surface area contributed by atoms with Crippen LogP contribution in [0.1, 0.15) is 18.5 Å². The molecule has 7 nitrogen and oxygen atoms in total. The molecular weight excluding hydrogens is 335 g/mol. The van der Waals surface area contributed by atoms with E-state index in [0.717, 1.165) is 24.7 Å². The van der Waals surface area contributed by atoms with Gasteiger partial charge < -0.3 is 15.5 Å². The molecule has 2 aromatic rings. The van der Waals surface area contributed by atoms with Crippen molar-refractivity contribution in [1.29, 1.82) is 0 Å². The van der Waals surface area contributed by atoms with Crippen molar-refractivity contribution in [3.05, 3.63) is 48.7 Å². The minimum Gasteiger partial charge on any atom is -0.363 e. The molecule has 1 fully saturated rings. The van der Waals surface area contributed by atoms with Crippen molar-refractivity contribution in [3.63, 3.8) is 0 Å². The molecule has 0 spiro atoms. The van der Waals surface area contributed by atoms with E-state index in [9.17, 15) is 9.18 Å². The molecule has 1 aliphatic heterocycles. The van der Waals surface area contributed by atoms with Gasteiger partial charge in [0.25, 0.3) is 0 Å². The second kappa shape index (κ2) is 7.90. The number of nitrogens with zero attached hydrogens (tertiary/aromatic N) is 4. The Kier molecular flexibility index (Phi) is 5.40. The lowest BCUT2D eigenvalue weighted by atomic mass is 10.1. The number of hydrogen-bond donors (Lipinski definition) is 2. The van der Waals surface area contributed by atoms with Crippen molar-refractivity contribution in [1.82, 2.24) is 19.9 Å². The summed E-state index contributed by atoms with van der Waals surface area (Å²) in [5.41, 5.74) is 1.61. The quantitative estimate of drug-likeness (QED) is 0.802. The van der Waals surface area contributed by atoms with Gasteiger partial charge in [0.05, 0.1) is 18.1 Å². The van der Waals surface area contributed by atoms with E-state index < -0.39 is 5.82 Å². The number of hydrogen-bond acceptors (Lipinski definition) is 6. The van der Waals surface area contributed by atoms with Gasteiger partial charge in [-0.1, -0.05) is 6.58 Å². The minimum absolute atomic E-state index is 0.0778. The van der Waals surface area contributed by atoms with E-state index in [1.165, 1.54) is 6.08 Å². The third-order valence-electron chi connectivity index (χ3n) is 4.16. The van der Waals surface area contributed by atoms with E-state index in [2.05, 4.69) is 32.2 Å². The first kappa shape index (κ1) is 17.8. The lowest BCUT2D eigenvalue weighted by molar-refractivity contribution is -0.127. The molecule has 2 N–H and O–H groups in total. The molecule has 0 unspecified atom stereocenters. The third-order valence-corrected chi connectivity index (χ3v) is 4.16. The topological polar surface area (TPSA) is 83.0 Å².